The van der Waals surface area contributed by atoms with Crippen LogP contribution < -0.4 is 5.73 Å². The van der Waals surface area contributed by atoms with Crippen LogP contribution in [0.1, 0.15) is 62.1 Å². The van der Waals surface area contributed by atoms with E-state index in [1.54, 1.807) is 28.6 Å². The molecule has 2 fully saturated rings. The molecule has 1 aliphatic carbocycles. The molecule has 5 nitrogen and oxygen atoms in total. The van der Waals surface area contributed by atoms with Crippen LogP contribution >= 0.6 is 0 Å². The molecule has 2 N–H and O–H groups in total. The van der Waals surface area contributed by atoms with Gasteiger partial charge in [0.1, 0.15) is 0 Å². The highest BCUT2D eigenvalue weighted by atomic mass is 32.2. The summed E-state index contributed by atoms with van der Waals surface area (Å²) >= 11 is 0. The van der Waals surface area contributed by atoms with Gasteiger partial charge in [-0.25, -0.2) is 8.42 Å². The van der Waals surface area contributed by atoms with Gasteiger partial charge in [-0.3, -0.25) is 4.90 Å². The van der Waals surface area contributed by atoms with E-state index in [9.17, 15) is 8.42 Å². The summed E-state index contributed by atoms with van der Waals surface area (Å²) in [5.41, 5.74) is 9.05. The molecule has 1 saturated heterocycles. The minimum absolute atomic E-state index is 0.284. The van der Waals surface area contributed by atoms with Gasteiger partial charge in [-0.05, 0) is 61.1 Å². The Labute approximate surface area is 180 Å². The van der Waals surface area contributed by atoms with E-state index in [1.807, 2.05) is 0 Å². The van der Waals surface area contributed by atoms with Crippen molar-refractivity contribution in [3.8, 4) is 0 Å². The summed E-state index contributed by atoms with van der Waals surface area (Å²) in [6, 6.07) is 15.9. The third-order valence-corrected chi connectivity index (χ3v) is 8.75. The summed E-state index contributed by atoms with van der Waals surface area (Å²) in [5, 5.41) is 0. The molecule has 0 bridgehead atoms. The van der Waals surface area contributed by atoms with Crippen molar-refractivity contribution in [2.45, 2.75) is 55.9 Å². The summed E-state index contributed by atoms with van der Waals surface area (Å²) in [4.78, 5) is 2.70. The molecule has 0 aromatic heterocycles. The summed E-state index contributed by atoms with van der Waals surface area (Å²) in [5.74, 6) is 0.727. The maximum atomic E-state index is 12.9. The molecule has 4 rings (SSSR count). The zero-order valence-electron chi connectivity index (χ0n) is 17.8. The van der Waals surface area contributed by atoms with Crippen LogP contribution in [0.4, 0.5) is 5.69 Å². The van der Waals surface area contributed by atoms with Gasteiger partial charge in [-0.1, -0.05) is 43.5 Å². The summed E-state index contributed by atoms with van der Waals surface area (Å²) in [6.45, 7) is 4.72. The van der Waals surface area contributed by atoms with Gasteiger partial charge >= 0.3 is 0 Å². The van der Waals surface area contributed by atoms with Crippen molar-refractivity contribution in [2.24, 2.45) is 0 Å². The summed E-state index contributed by atoms with van der Waals surface area (Å²) in [7, 11) is -3.46. The van der Waals surface area contributed by atoms with Gasteiger partial charge in [-0.2, -0.15) is 4.31 Å². The molecule has 1 atom stereocenters. The minimum atomic E-state index is -3.46. The topological polar surface area (TPSA) is 66.6 Å². The number of piperazine rings is 1. The number of nitrogens with two attached hydrogens (primary N) is 1. The number of hydrogen-bond acceptors (Lipinski definition) is 4. The molecule has 2 aliphatic rings. The molecule has 30 heavy (non-hydrogen) atoms. The van der Waals surface area contributed by atoms with E-state index in [4.69, 9.17) is 5.73 Å². The first-order valence-corrected chi connectivity index (χ1v) is 12.6. The SMILES string of the molecule is CC(c1ccc(C2CCCCC2)cc1)N1CCN(S(=O)(=O)c2ccc(N)cc2)CC1. The monoisotopic (exact) mass is 427 g/mol. The molecular weight excluding hydrogens is 394 g/mol. The first kappa shape index (κ1) is 21.3. The Bertz CT molecular complexity index is 927. The molecule has 0 radical (unpaired) electrons. The lowest BCUT2D eigenvalue weighted by Gasteiger charge is -2.37. The lowest BCUT2D eigenvalue weighted by molar-refractivity contribution is 0.146. The Morgan fingerprint density at radius 3 is 2.07 bits per heavy atom. The first-order chi connectivity index (χ1) is 14.4. The van der Waals surface area contributed by atoms with Crippen LogP contribution in [0.15, 0.2) is 53.4 Å². The molecule has 1 saturated carbocycles. The van der Waals surface area contributed by atoms with Crippen LogP contribution in [0.5, 0.6) is 0 Å². The molecule has 0 spiro atoms. The van der Waals surface area contributed by atoms with Gasteiger partial charge in [0.2, 0.25) is 10.0 Å². The normalized spacial score (nSPS) is 20.8. The number of rotatable bonds is 5. The number of hydrogen-bond donors (Lipinski definition) is 1. The maximum Gasteiger partial charge on any atom is 0.243 e. The van der Waals surface area contributed by atoms with E-state index in [-0.39, 0.29) is 6.04 Å². The van der Waals surface area contributed by atoms with Crippen molar-refractivity contribution >= 4 is 15.7 Å². The second kappa shape index (κ2) is 9.08. The second-order valence-electron chi connectivity index (χ2n) is 8.69. The molecule has 1 unspecified atom stereocenters. The third-order valence-electron chi connectivity index (χ3n) is 6.83. The smallest absolute Gasteiger partial charge is 0.243 e. The zero-order valence-corrected chi connectivity index (χ0v) is 18.7. The van der Waals surface area contributed by atoms with Gasteiger partial charge < -0.3 is 5.73 Å². The highest BCUT2D eigenvalue weighted by molar-refractivity contribution is 7.89. The number of sulfonamides is 1. The van der Waals surface area contributed by atoms with E-state index in [0.29, 0.717) is 23.7 Å². The van der Waals surface area contributed by atoms with Crippen molar-refractivity contribution in [2.75, 3.05) is 31.9 Å². The van der Waals surface area contributed by atoms with Gasteiger partial charge in [0.05, 0.1) is 4.90 Å². The standard InChI is InChI=1S/C24H33N3O2S/c1-19(20-7-9-22(10-8-20)21-5-3-2-4-6-21)26-15-17-27(18-16-26)30(28,29)24-13-11-23(25)12-14-24/h7-14,19,21H,2-6,15-18,25H2,1H3. The maximum absolute atomic E-state index is 12.9. The highest BCUT2D eigenvalue weighted by Crippen LogP contribution is 2.33. The van der Waals surface area contributed by atoms with Gasteiger partial charge in [0.15, 0.2) is 0 Å². The highest BCUT2D eigenvalue weighted by Gasteiger charge is 2.30. The average molecular weight is 428 g/mol. The number of anilines is 1. The lowest BCUT2D eigenvalue weighted by Crippen LogP contribution is -2.49. The van der Waals surface area contributed by atoms with Crippen molar-refractivity contribution in [3.05, 3.63) is 59.7 Å². The largest absolute Gasteiger partial charge is 0.399 e. The van der Waals surface area contributed by atoms with Crippen molar-refractivity contribution in [1.29, 1.82) is 0 Å². The van der Waals surface area contributed by atoms with Crippen LogP contribution in [0.3, 0.4) is 0 Å². The lowest BCUT2D eigenvalue weighted by atomic mass is 9.83. The van der Waals surface area contributed by atoms with E-state index >= 15 is 0 Å². The average Bonchev–Trinajstić information content (AvgIpc) is 2.80. The number of nitrogens with zero attached hydrogens (tertiary/aromatic N) is 2. The second-order valence-corrected chi connectivity index (χ2v) is 10.6. The molecule has 0 amide bonds. The Hall–Kier alpha value is -1.89. The molecule has 6 heteroatoms. The van der Waals surface area contributed by atoms with Gasteiger partial charge in [0, 0.05) is 37.9 Å². The molecule has 2 aromatic rings. The minimum Gasteiger partial charge on any atom is -0.399 e. The zero-order chi connectivity index (χ0) is 21.1. The third kappa shape index (κ3) is 4.56. The predicted octanol–water partition coefficient (Wildman–Crippen LogP) is 4.38. The Morgan fingerprint density at radius 1 is 0.867 bits per heavy atom. The Morgan fingerprint density at radius 2 is 1.47 bits per heavy atom. The fraction of sp³-hybridized carbons (Fsp3) is 0.500. The Kier molecular flexibility index (Phi) is 6.46. The van der Waals surface area contributed by atoms with Crippen molar-refractivity contribution < 1.29 is 8.42 Å². The fourth-order valence-electron chi connectivity index (χ4n) is 4.81. The van der Waals surface area contributed by atoms with Crippen LogP contribution in [-0.2, 0) is 10.0 Å². The molecule has 1 aliphatic heterocycles. The van der Waals surface area contributed by atoms with Crippen LogP contribution in [0.2, 0.25) is 0 Å². The number of nitrogen functional groups attached to an aromatic ring is 1. The van der Waals surface area contributed by atoms with Crippen molar-refractivity contribution in [3.63, 3.8) is 0 Å². The van der Waals surface area contributed by atoms with Gasteiger partial charge in [0.25, 0.3) is 0 Å². The Balaban J connectivity index is 1.37. The molecule has 2 aromatic carbocycles. The quantitative estimate of drug-likeness (QED) is 0.719. The fourth-order valence-corrected chi connectivity index (χ4v) is 6.24. The van der Waals surface area contributed by atoms with Crippen molar-refractivity contribution in [1.82, 2.24) is 9.21 Å². The van der Waals surface area contributed by atoms with E-state index < -0.39 is 10.0 Å². The summed E-state index contributed by atoms with van der Waals surface area (Å²) in [6.07, 6.45) is 6.73. The van der Waals surface area contributed by atoms with Gasteiger partial charge in [-0.15, -0.1) is 0 Å². The van der Waals surface area contributed by atoms with Crippen LogP contribution in [-0.4, -0.2) is 43.8 Å². The van der Waals surface area contributed by atoms with Crippen LogP contribution in [0.25, 0.3) is 0 Å². The van der Waals surface area contributed by atoms with E-state index in [1.165, 1.54) is 43.2 Å². The summed E-state index contributed by atoms with van der Waals surface area (Å²) < 4.78 is 27.4. The first-order valence-electron chi connectivity index (χ1n) is 11.1. The van der Waals surface area contributed by atoms with E-state index in [0.717, 1.165) is 19.0 Å². The molecule has 1 heterocycles. The number of benzene rings is 2. The van der Waals surface area contributed by atoms with E-state index in [2.05, 4.69) is 36.1 Å². The van der Waals surface area contributed by atoms with Crippen LogP contribution in [0, 0.1) is 0 Å². The molecular formula is C24H33N3O2S. The predicted molar refractivity (Wildman–Crippen MR) is 122 cm³/mol. The molecule has 162 valence electrons.